The van der Waals surface area contributed by atoms with Gasteiger partial charge in [0.15, 0.2) is 17.3 Å². The highest BCUT2D eigenvalue weighted by molar-refractivity contribution is 6.10. The Balaban J connectivity index is 2.01. The van der Waals surface area contributed by atoms with Crippen LogP contribution in [0, 0.1) is 6.92 Å². The van der Waals surface area contributed by atoms with Crippen LogP contribution in [-0.2, 0) is 0 Å². The number of hydrogen-bond acceptors (Lipinski definition) is 3. The molecule has 0 aromatic heterocycles. The lowest BCUT2D eigenvalue weighted by Gasteiger charge is -2.05. The molecular weight excluding hydrogens is 228 g/mol. The third-order valence-corrected chi connectivity index (χ3v) is 3.02. The molecule has 0 unspecified atom stereocenters. The molecule has 0 N–H and O–H groups in total. The molecule has 0 spiro atoms. The first-order valence-electron chi connectivity index (χ1n) is 5.76. The molecule has 0 radical (unpaired) electrons. The summed E-state index contributed by atoms with van der Waals surface area (Å²) < 4.78 is 10.5. The molecule has 1 aliphatic heterocycles. The third kappa shape index (κ3) is 1.74. The molecular formula is C15H12O3. The fraction of sp³-hybridized carbons (Fsp3) is 0.133. The molecule has 1 aliphatic rings. The molecule has 1 heterocycles. The van der Waals surface area contributed by atoms with Crippen molar-refractivity contribution in [1.82, 2.24) is 0 Å². The predicted octanol–water partition coefficient (Wildman–Crippen LogP) is 2.95. The summed E-state index contributed by atoms with van der Waals surface area (Å²) in [5.74, 6) is 1.33. The predicted molar refractivity (Wildman–Crippen MR) is 67.2 cm³/mol. The van der Waals surface area contributed by atoms with Crippen molar-refractivity contribution in [3.05, 3.63) is 59.2 Å². The average Bonchev–Trinajstić information content (AvgIpc) is 2.85. The molecule has 0 atom stereocenters. The summed E-state index contributed by atoms with van der Waals surface area (Å²) in [6.07, 6.45) is 0. The molecule has 0 amide bonds. The first-order chi connectivity index (χ1) is 8.75. The minimum absolute atomic E-state index is 0.00593. The smallest absolute Gasteiger partial charge is 0.231 e. The second kappa shape index (κ2) is 4.18. The van der Waals surface area contributed by atoms with Crippen LogP contribution in [0.1, 0.15) is 21.5 Å². The van der Waals surface area contributed by atoms with Crippen molar-refractivity contribution < 1.29 is 14.3 Å². The van der Waals surface area contributed by atoms with Gasteiger partial charge in [0.05, 0.1) is 0 Å². The Labute approximate surface area is 105 Å². The number of carbonyl (C=O) groups is 1. The van der Waals surface area contributed by atoms with Crippen LogP contribution in [0.4, 0.5) is 0 Å². The van der Waals surface area contributed by atoms with Gasteiger partial charge in [-0.3, -0.25) is 4.79 Å². The van der Waals surface area contributed by atoms with Gasteiger partial charge in [0, 0.05) is 11.1 Å². The minimum atomic E-state index is 0.00593. The van der Waals surface area contributed by atoms with E-state index in [4.69, 9.17) is 9.47 Å². The van der Waals surface area contributed by atoms with Crippen LogP contribution in [0.15, 0.2) is 42.5 Å². The summed E-state index contributed by atoms with van der Waals surface area (Å²) in [4.78, 5) is 12.4. The lowest BCUT2D eigenvalue weighted by Crippen LogP contribution is -2.03. The van der Waals surface area contributed by atoms with E-state index in [1.165, 1.54) is 0 Å². The highest BCUT2D eigenvalue weighted by atomic mass is 16.7. The summed E-state index contributed by atoms with van der Waals surface area (Å²) in [5, 5.41) is 0. The molecule has 90 valence electrons. The molecule has 2 aromatic carbocycles. The van der Waals surface area contributed by atoms with E-state index >= 15 is 0 Å². The largest absolute Gasteiger partial charge is 0.454 e. The first-order valence-corrected chi connectivity index (χ1v) is 5.76. The van der Waals surface area contributed by atoms with Gasteiger partial charge in [-0.1, -0.05) is 24.3 Å². The van der Waals surface area contributed by atoms with Gasteiger partial charge in [0.25, 0.3) is 0 Å². The maximum atomic E-state index is 12.4. The van der Waals surface area contributed by atoms with E-state index in [0.717, 1.165) is 11.1 Å². The zero-order valence-corrected chi connectivity index (χ0v) is 9.97. The van der Waals surface area contributed by atoms with Crippen LogP contribution in [-0.4, -0.2) is 12.6 Å². The fourth-order valence-electron chi connectivity index (χ4n) is 2.02. The average molecular weight is 240 g/mol. The molecule has 0 saturated carbocycles. The fourth-order valence-corrected chi connectivity index (χ4v) is 2.02. The highest BCUT2D eigenvalue weighted by Crippen LogP contribution is 2.33. The lowest BCUT2D eigenvalue weighted by molar-refractivity contribution is 0.103. The number of hydrogen-bond donors (Lipinski definition) is 0. The maximum Gasteiger partial charge on any atom is 0.231 e. The number of carbonyl (C=O) groups excluding carboxylic acids is 1. The van der Waals surface area contributed by atoms with Crippen molar-refractivity contribution in [2.75, 3.05) is 6.79 Å². The molecule has 0 fully saturated rings. The van der Waals surface area contributed by atoms with Crippen molar-refractivity contribution in [3.8, 4) is 11.5 Å². The van der Waals surface area contributed by atoms with Crippen molar-refractivity contribution in [2.24, 2.45) is 0 Å². The monoisotopic (exact) mass is 240 g/mol. The van der Waals surface area contributed by atoms with Crippen LogP contribution in [0.3, 0.4) is 0 Å². The topological polar surface area (TPSA) is 35.5 Å². The minimum Gasteiger partial charge on any atom is -0.454 e. The Hall–Kier alpha value is -2.29. The van der Waals surface area contributed by atoms with Gasteiger partial charge in [0.2, 0.25) is 6.79 Å². The van der Waals surface area contributed by atoms with Gasteiger partial charge in [-0.05, 0) is 30.7 Å². The maximum absolute atomic E-state index is 12.4. The Morgan fingerprint density at radius 2 is 1.83 bits per heavy atom. The SMILES string of the molecule is Cc1ccccc1C(=O)c1ccc2c(c1)OCO2. The van der Waals surface area contributed by atoms with Gasteiger partial charge in [-0.25, -0.2) is 0 Å². The summed E-state index contributed by atoms with van der Waals surface area (Å²) >= 11 is 0. The molecule has 0 saturated heterocycles. The number of ketones is 1. The van der Waals surface area contributed by atoms with E-state index in [0.29, 0.717) is 17.1 Å². The number of rotatable bonds is 2. The Bertz CT molecular complexity index is 617. The van der Waals surface area contributed by atoms with E-state index in [1.54, 1.807) is 18.2 Å². The molecule has 0 bridgehead atoms. The number of aryl methyl sites for hydroxylation is 1. The standard InChI is InChI=1S/C15H12O3/c1-10-4-2-3-5-12(10)15(16)11-6-7-13-14(8-11)18-9-17-13/h2-8H,9H2,1H3. The lowest BCUT2D eigenvalue weighted by atomic mass is 9.99. The molecule has 3 nitrogen and oxygen atoms in total. The van der Waals surface area contributed by atoms with Gasteiger partial charge < -0.3 is 9.47 Å². The van der Waals surface area contributed by atoms with E-state index in [2.05, 4.69) is 0 Å². The van der Waals surface area contributed by atoms with Gasteiger partial charge >= 0.3 is 0 Å². The number of fused-ring (bicyclic) bond motifs is 1. The van der Waals surface area contributed by atoms with E-state index in [9.17, 15) is 4.79 Å². The molecule has 0 aliphatic carbocycles. The van der Waals surface area contributed by atoms with Crippen LogP contribution in [0.5, 0.6) is 11.5 Å². The molecule has 2 aromatic rings. The van der Waals surface area contributed by atoms with E-state index < -0.39 is 0 Å². The van der Waals surface area contributed by atoms with Crippen molar-refractivity contribution in [3.63, 3.8) is 0 Å². The number of benzene rings is 2. The van der Waals surface area contributed by atoms with E-state index in [1.807, 2.05) is 31.2 Å². The first kappa shape index (κ1) is 10.8. The van der Waals surface area contributed by atoms with Gasteiger partial charge in [-0.2, -0.15) is 0 Å². The summed E-state index contributed by atoms with van der Waals surface area (Å²) in [5.41, 5.74) is 2.31. The molecule has 3 rings (SSSR count). The van der Waals surface area contributed by atoms with Crippen LogP contribution in [0.2, 0.25) is 0 Å². The second-order valence-electron chi connectivity index (χ2n) is 4.21. The van der Waals surface area contributed by atoms with E-state index in [-0.39, 0.29) is 12.6 Å². The summed E-state index contributed by atoms with van der Waals surface area (Å²) in [7, 11) is 0. The Morgan fingerprint density at radius 3 is 2.67 bits per heavy atom. The van der Waals surface area contributed by atoms with Crippen LogP contribution >= 0.6 is 0 Å². The molecule has 18 heavy (non-hydrogen) atoms. The summed E-state index contributed by atoms with van der Waals surface area (Å²) in [6, 6.07) is 12.8. The number of ether oxygens (including phenoxy) is 2. The van der Waals surface area contributed by atoms with Gasteiger partial charge in [-0.15, -0.1) is 0 Å². The quantitative estimate of drug-likeness (QED) is 0.757. The van der Waals surface area contributed by atoms with Crippen molar-refractivity contribution in [1.29, 1.82) is 0 Å². The summed E-state index contributed by atoms with van der Waals surface area (Å²) in [6.45, 7) is 2.15. The van der Waals surface area contributed by atoms with Crippen molar-refractivity contribution in [2.45, 2.75) is 6.92 Å². The normalized spacial score (nSPS) is 12.5. The van der Waals surface area contributed by atoms with Gasteiger partial charge in [0.1, 0.15) is 0 Å². The Morgan fingerprint density at radius 1 is 1.06 bits per heavy atom. The van der Waals surface area contributed by atoms with Crippen molar-refractivity contribution >= 4 is 5.78 Å². The van der Waals surface area contributed by atoms with Crippen LogP contribution < -0.4 is 9.47 Å². The second-order valence-corrected chi connectivity index (χ2v) is 4.21. The zero-order valence-electron chi connectivity index (χ0n) is 9.97. The van der Waals surface area contributed by atoms with Crippen LogP contribution in [0.25, 0.3) is 0 Å². The third-order valence-electron chi connectivity index (χ3n) is 3.02. The highest BCUT2D eigenvalue weighted by Gasteiger charge is 2.17. The molecule has 3 heteroatoms. The Kier molecular flexibility index (Phi) is 2.52. The zero-order chi connectivity index (χ0) is 12.5.